The second-order valence-electron chi connectivity index (χ2n) is 4.12. The standard InChI is InChI=1S/C19H11I/c1-3-15-8-11-18(12-9-15)19(20)13-10-17-7-5-6-16(4-2)14-17/h1-2,5-9,11-12,14,19H. The predicted molar refractivity (Wildman–Crippen MR) is 92.4 cm³/mol. The van der Waals surface area contributed by atoms with Crippen molar-refractivity contribution in [2.45, 2.75) is 3.92 Å². The molecule has 1 heteroatoms. The number of rotatable bonds is 1. The van der Waals surface area contributed by atoms with Crippen LogP contribution in [0, 0.1) is 36.5 Å². The monoisotopic (exact) mass is 366 g/mol. The molecule has 0 bridgehead atoms. The van der Waals surface area contributed by atoms with Gasteiger partial charge >= 0.3 is 0 Å². The number of halogens is 1. The van der Waals surface area contributed by atoms with Gasteiger partial charge in [-0.25, -0.2) is 0 Å². The molecule has 0 heterocycles. The maximum atomic E-state index is 5.38. The summed E-state index contributed by atoms with van der Waals surface area (Å²) >= 11 is 2.31. The summed E-state index contributed by atoms with van der Waals surface area (Å²) in [6, 6.07) is 15.6. The zero-order valence-corrected chi connectivity index (χ0v) is 12.9. The SMILES string of the molecule is C#Cc1ccc(C(I)C#Cc2cccc(C#C)c2)cc1. The fraction of sp³-hybridized carbons (Fsp3) is 0.0526. The maximum absolute atomic E-state index is 5.38. The summed E-state index contributed by atoms with van der Waals surface area (Å²) in [6.07, 6.45) is 10.7. The Balaban J connectivity index is 2.19. The first-order chi connectivity index (χ1) is 9.72. The van der Waals surface area contributed by atoms with Crippen LogP contribution in [-0.2, 0) is 0 Å². The first-order valence-corrected chi connectivity index (χ1v) is 7.26. The van der Waals surface area contributed by atoms with E-state index in [4.69, 9.17) is 12.8 Å². The summed E-state index contributed by atoms with van der Waals surface area (Å²) < 4.78 is 0.119. The number of hydrogen-bond donors (Lipinski definition) is 0. The summed E-state index contributed by atoms with van der Waals surface area (Å²) in [5, 5.41) is 0. The summed E-state index contributed by atoms with van der Waals surface area (Å²) in [4.78, 5) is 0. The van der Waals surface area contributed by atoms with E-state index in [2.05, 4.69) is 46.3 Å². The van der Waals surface area contributed by atoms with Gasteiger partial charge in [0.1, 0.15) is 0 Å². The Morgan fingerprint density at radius 1 is 0.850 bits per heavy atom. The van der Waals surface area contributed by atoms with Crippen molar-refractivity contribution in [2.75, 3.05) is 0 Å². The van der Waals surface area contributed by atoms with Crippen molar-refractivity contribution in [3.8, 4) is 36.5 Å². The van der Waals surface area contributed by atoms with Crippen molar-refractivity contribution in [2.24, 2.45) is 0 Å². The van der Waals surface area contributed by atoms with Crippen molar-refractivity contribution >= 4 is 22.6 Å². The smallest absolute Gasteiger partial charge is 0.0971 e. The number of terminal acetylenes is 2. The van der Waals surface area contributed by atoms with Crippen LogP contribution in [0.15, 0.2) is 48.5 Å². The van der Waals surface area contributed by atoms with Gasteiger partial charge in [-0.2, -0.15) is 0 Å². The molecule has 2 rings (SSSR count). The molecular formula is C19H11I. The lowest BCUT2D eigenvalue weighted by Gasteiger charge is -2.02. The molecular weight excluding hydrogens is 355 g/mol. The lowest BCUT2D eigenvalue weighted by Crippen LogP contribution is -1.86. The van der Waals surface area contributed by atoms with Gasteiger partial charge in [-0.3, -0.25) is 0 Å². The molecule has 0 amide bonds. The molecule has 0 fully saturated rings. The van der Waals surface area contributed by atoms with Gasteiger partial charge in [0.25, 0.3) is 0 Å². The minimum absolute atomic E-state index is 0.119. The molecule has 94 valence electrons. The third-order valence-electron chi connectivity index (χ3n) is 2.74. The molecule has 0 saturated carbocycles. The lowest BCUT2D eigenvalue weighted by molar-refractivity contribution is 1.32. The van der Waals surface area contributed by atoms with E-state index in [9.17, 15) is 0 Å². The van der Waals surface area contributed by atoms with Crippen molar-refractivity contribution in [3.05, 3.63) is 70.8 Å². The molecule has 2 aromatic rings. The predicted octanol–water partition coefficient (Wildman–Crippen LogP) is 4.18. The second kappa shape index (κ2) is 6.85. The van der Waals surface area contributed by atoms with Gasteiger partial charge in [0.15, 0.2) is 0 Å². The summed E-state index contributed by atoms with van der Waals surface area (Å²) in [6.45, 7) is 0. The highest BCUT2D eigenvalue weighted by Gasteiger charge is 2.02. The van der Waals surface area contributed by atoms with Crippen molar-refractivity contribution in [1.29, 1.82) is 0 Å². The molecule has 0 aromatic heterocycles. The van der Waals surface area contributed by atoms with Crippen LogP contribution in [0.4, 0.5) is 0 Å². The van der Waals surface area contributed by atoms with Crippen LogP contribution in [0.5, 0.6) is 0 Å². The third-order valence-corrected chi connectivity index (χ3v) is 3.77. The molecule has 0 radical (unpaired) electrons. The van der Waals surface area contributed by atoms with E-state index in [-0.39, 0.29) is 3.92 Å². The van der Waals surface area contributed by atoms with Crippen LogP contribution in [0.2, 0.25) is 0 Å². The summed E-state index contributed by atoms with van der Waals surface area (Å²) in [5.74, 6) is 11.6. The molecule has 20 heavy (non-hydrogen) atoms. The highest BCUT2D eigenvalue weighted by atomic mass is 127. The fourth-order valence-corrected chi connectivity index (χ4v) is 2.24. The normalized spacial score (nSPS) is 10.6. The van der Waals surface area contributed by atoms with Gasteiger partial charge in [-0.05, 0) is 35.9 Å². The van der Waals surface area contributed by atoms with E-state index in [0.29, 0.717) is 0 Å². The Hall–Kier alpha value is -2.15. The number of benzene rings is 2. The minimum Gasteiger partial charge on any atom is -0.115 e. The van der Waals surface area contributed by atoms with Crippen molar-refractivity contribution in [3.63, 3.8) is 0 Å². The summed E-state index contributed by atoms with van der Waals surface area (Å²) in [7, 11) is 0. The van der Waals surface area contributed by atoms with Gasteiger partial charge in [0, 0.05) is 16.7 Å². The van der Waals surface area contributed by atoms with E-state index < -0.39 is 0 Å². The molecule has 0 saturated heterocycles. The molecule has 0 aliphatic rings. The number of hydrogen-bond acceptors (Lipinski definition) is 0. The molecule has 0 nitrogen and oxygen atoms in total. The first-order valence-electron chi connectivity index (χ1n) is 6.02. The first kappa shape index (κ1) is 14.3. The Bertz CT molecular complexity index is 743. The molecule has 1 atom stereocenters. The van der Waals surface area contributed by atoms with Gasteiger partial charge < -0.3 is 0 Å². The molecule has 2 aromatic carbocycles. The molecule has 0 N–H and O–H groups in total. The average Bonchev–Trinajstić information content (AvgIpc) is 2.53. The van der Waals surface area contributed by atoms with E-state index >= 15 is 0 Å². The zero-order chi connectivity index (χ0) is 14.4. The van der Waals surface area contributed by atoms with E-state index in [0.717, 1.165) is 22.3 Å². The van der Waals surface area contributed by atoms with Crippen LogP contribution in [0.25, 0.3) is 0 Å². The topological polar surface area (TPSA) is 0 Å². The van der Waals surface area contributed by atoms with Crippen LogP contribution >= 0.6 is 22.6 Å². The van der Waals surface area contributed by atoms with Crippen LogP contribution in [0.1, 0.15) is 26.2 Å². The Morgan fingerprint density at radius 3 is 2.15 bits per heavy atom. The van der Waals surface area contributed by atoms with Crippen LogP contribution in [0.3, 0.4) is 0 Å². The zero-order valence-electron chi connectivity index (χ0n) is 10.7. The van der Waals surface area contributed by atoms with Crippen molar-refractivity contribution in [1.82, 2.24) is 0 Å². The van der Waals surface area contributed by atoms with Gasteiger partial charge in [-0.15, -0.1) is 12.8 Å². The van der Waals surface area contributed by atoms with Gasteiger partial charge in [0.05, 0.1) is 3.92 Å². The van der Waals surface area contributed by atoms with Gasteiger partial charge in [0.2, 0.25) is 0 Å². The average molecular weight is 366 g/mol. The maximum Gasteiger partial charge on any atom is 0.0971 e. The Kier molecular flexibility index (Phi) is 4.89. The number of alkyl halides is 1. The molecule has 0 aliphatic heterocycles. The molecule has 0 spiro atoms. The third kappa shape index (κ3) is 3.67. The van der Waals surface area contributed by atoms with E-state index in [1.54, 1.807) is 0 Å². The Labute approximate surface area is 133 Å². The van der Waals surface area contributed by atoms with E-state index in [1.165, 1.54) is 0 Å². The lowest BCUT2D eigenvalue weighted by atomic mass is 10.1. The Morgan fingerprint density at radius 2 is 1.50 bits per heavy atom. The van der Waals surface area contributed by atoms with Crippen LogP contribution < -0.4 is 0 Å². The largest absolute Gasteiger partial charge is 0.115 e. The molecule has 0 aliphatic carbocycles. The highest BCUT2D eigenvalue weighted by molar-refractivity contribution is 14.1. The summed E-state index contributed by atoms with van der Waals surface area (Å²) in [5.41, 5.74) is 3.81. The van der Waals surface area contributed by atoms with Crippen LogP contribution in [-0.4, -0.2) is 0 Å². The van der Waals surface area contributed by atoms with E-state index in [1.807, 2.05) is 48.5 Å². The van der Waals surface area contributed by atoms with Crippen molar-refractivity contribution < 1.29 is 0 Å². The van der Waals surface area contributed by atoms with Gasteiger partial charge in [-0.1, -0.05) is 64.5 Å². The fourth-order valence-electron chi connectivity index (χ4n) is 1.67. The minimum atomic E-state index is 0.119. The highest BCUT2D eigenvalue weighted by Crippen LogP contribution is 2.22. The second-order valence-corrected chi connectivity index (χ2v) is 5.37. The quantitative estimate of drug-likeness (QED) is 0.404. The molecule has 1 unspecified atom stereocenters.